The molecule has 1 rings (SSSR count). The van der Waals surface area contributed by atoms with Crippen molar-refractivity contribution in [2.75, 3.05) is 13.7 Å². The van der Waals surface area contributed by atoms with Gasteiger partial charge in [0.15, 0.2) is 0 Å². The molecular formula is C14H22N2O3. The fourth-order valence-corrected chi connectivity index (χ4v) is 1.39. The Morgan fingerprint density at radius 1 is 1.32 bits per heavy atom. The molecular weight excluding hydrogens is 244 g/mol. The average Bonchev–Trinajstić information content (AvgIpc) is 2.35. The predicted octanol–water partition coefficient (Wildman–Crippen LogP) is 1.32. The van der Waals surface area contributed by atoms with Gasteiger partial charge in [-0.25, -0.2) is 0 Å². The van der Waals surface area contributed by atoms with Crippen molar-refractivity contribution >= 4 is 5.91 Å². The lowest BCUT2D eigenvalue weighted by Gasteiger charge is -2.20. The molecule has 0 radical (unpaired) electrons. The minimum absolute atomic E-state index is 0.139. The molecule has 5 heteroatoms. The molecule has 1 amide bonds. The Balaban J connectivity index is 2.42. The minimum atomic E-state index is -0.875. The molecule has 0 fully saturated rings. The lowest BCUT2D eigenvalue weighted by Crippen LogP contribution is -2.50. The van der Waals surface area contributed by atoms with Gasteiger partial charge in [-0.15, -0.1) is 0 Å². The van der Waals surface area contributed by atoms with Gasteiger partial charge in [0.2, 0.25) is 5.91 Å². The normalized spacial score (nSPS) is 12.7. The van der Waals surface area contributed by atoms with E-state index in [9.17, 15) is 4.79 Å². The summed E-state index contributed by atoms with van der Waals surface area (Å²) in [5, 5.41) is 2.75. The van der Waals surface area contributed by atoms with Gasteiger partial charge in [0.1, 0.15) is 17.6 Å². The van der Waals surface area contributed by atoms with Gasteiger partial charge in [-0.3, -0.25) is 4.79 Å². The van der Waals surface area contributed by atoms with Crippen LogP contribution in [0.4, 0.5) is 0 Å². The molecule has 0 bridgehead atoms. The first-order chi connectivity index (χ1) is 8.82. The average molecular weight is 266 g/mol. The summed E-state index contributed by atoms with van der Waals surface area (Å²) in [5.74, 6) is 1.31. The number of rotatable bonds is 6. The number of carbonyl (C=O) groups is 1. The third-order valence-corrected chi connectivity index (χ3v) is 2.53. The lowest BCUT2D eigenvalue weighted by molar-refractivity contribution is -0.125. The number of hydrogen-bond acceptors (Lipinski definition) is 4. The Labute approximate surface area is 114 Å². The summed E-state index contributed by atoms with van der Waals surface area (Å²) in [7, 11) is 1.61. The van der Waals surface area contributed by atoms with E-state index in [4.69, 9.17) is 15.2 Å². The predicted molar refractivity (Wildman–Crippen MR) is 74.4 cm³/mol. The number of ether oxygens (including phenoxy) is 2. The van der Waals surface area contributed by atoms with Crippen LogP contribution < -0.4 is 20.5 Å². The van der Waals surface area contributed by atoms with Crippen molar-refractivity contribution in [3.8, 4) is 11.5 Å². The summed E-state index contributed by atoms with van der Waals surface area (Å²) >= 11 is 0. The Morgan fingerprint density at radius 2 is 1.84 bits per heavy atom. The van der Waals surface area contributed by atoms with Crippen molar-refractivity contribution in [1.82, 2.24) is 5.32 Å². The van der Waals surface area contributed by atoms with Crippen molar-refractivity contribution in [3.63, 3.8) is 0 Å². The van der Waals surface area contributed by atoms with Crippen LogP contribution in [0.15, 0.2) is 24.3 Å². The quantitative estimate of drug-likeness (QED) is 0.814. The maximum absolute atomic E-state index is 11.6. The largest absolute Gasteiger partial charge is 0.497 e. The Morgan fingerprint density at radius 3 is 2.32 bits per heavy atom. The molecule has 19 heavy (non-hydrogen) atoms. The van der Waals surface area contributed by atoms with Gasteiger partial charge in [-0.05, 0) is 45.0 Å². The molecule has 5 nitrogen and oxygen atoms in total. The zero-order valence-corrected chi connectivity index (χ0v) is 11.9. The van der Waals surface area contributed by atoms with Crippen molar-refractivity contribution in [2.24, 2.45) is 5.73 Å². The van der Waals surface area contributed by atoms with Crippen LogP contribution in [0.5, 0.6) is 11.5 Å². The molecule has 0 spiro atoms. The molecule has 1 aromatic rings. The summed E-state index contributed by atoms with van der Waals surface area (Å²) in [6, 6.07) is 7.29. The minimum Gasteiger partial charge on any atom is -0.497 e. The van der Waals surface area contributed by atoms with E-state index in [-0.39, 0.29) is 12.0 Å². The fraction of sp³-hybridized carbons (Fsp3) is 0.500. The van der Waals surface area contributed by atoms with Crippen LogP contribution in [-0.4, -0.2) is 31.2 Å². The van der Waals surface area contributed by atoms with Gasteiger partial charge in [-0.1, -0.05) is 0 Å². The smallest absolute Gasteiger partial charge is 0.239 e. The Hall–Kier alpha value is -1.75. The second-order valence-electron chi connectivity index (χ2n) is 5.04. The first-order valence-corrected chi connectivity index (χ1v) is 6.21. The Bertz CT molecular complexity index is 410. The van der Waals surface area contributed by atoms with Crippen LogP contribution >= 0.6 is 0 Å². The maximum atomic E-state index is 11.6. The number of nitrogens with two attached hydrogens (primary N) is 1. The van der Waals surface area contributed by atoms with Crippen LogP contribution in [0, 0.1) is 0 Å². The van der Waals surface area contributed by atoms with Gasteiger partial charge in [0.05, 0.1) is 19.2 Å². The molecule has 1 atom stereocenters. The maximum Gasteiger partial charge on any atom is 0.239 e. The molecule has 106 valence electrons. The van der Waals surface area contributed by atoms with E-state index >= 15 is 0 Å². The van der Waals surface area contributed by atoms with E-state index in [1.807, 2.05) is 31.2 Å². The van der Waals surface area contributed by atoms with Crippen molar-refractivity contribution in [3.05, 3.63) is 24.3 Å². The molecule has 1 aromatic carbocycles. The van der Waals surface area contributed by atoms with E-state index in [1.54, 1.807) is 21.0 Å². The van der Waals surface area contributed by atoms with Gasteiger partial charge in [-0.2, -0.15) is 0 Å². The zero-order chi connectivity index (χ0) is 14.5. The second-order valence-corrected chi connectivity index (χ2v) is 5.04. The summed E-state index contributed by atoms with van der Waals surface area (Å²) in [6.45, 7) is 5.62. The van der Waals surface area contributed by atoms with Gasteiger partial charge in [0, 0.05) is 0 Å². The molecule has 0 saturated carbocycles. The van der Waals surface area contributed by atoms with Crippen molar-refractivity contribution in [1.29, 1.82) is 0 Å². The molecule has 0 saturated heterocycles. The van der Waals surface area contributed by atoms with Crippen LogP contribution in [-0.2, 0) is 4.79 Å². The standard InChI is InChI=1S/C14H22N2O3/c1-10(9-16-13(17)14(2,3)15)19-12-7-5-11(18-4)6-8-12/h5-8,10H,9,15H2,1-4H3,(H,16,17). The first-order valence-electron chi connectivity index (χ1n) is 6.21. The van der Waals surface area contributed by atoms with Crippen LogP contribution in [0.2, 0.25) is 0 Å². The number of carbonyl (C=O) groups excluding carboxylic acids is 1. The highest BCUT2D eigenvalue weighted by Crippen LogP contribution is 2.17. The number of nitrogens with one attached hydrogen (secondary N) is 1. The molecule has 0 aliphatic carbocycles. The van der Waals surface area contributed by atoms with E-state index in [2.05, 4.69) is 5.32 Å². The van der Waals surface area contributed by atoms with Gasteiger partial charge >= 0.3 is 0 Å². The highest BCUT2D eigenvalue weighted by Gasteiger charge is 2.21. The van der Waals surface area contributed by atoms with E-state index in [0.29, 0.717) is 6.54 Å². The number of benzene rings is 1. The highest BCUT2D eigenvalue weighted by molar-refractivity contribution is 5.85. The number of amides is 1. The molecule has 0 aliphatic rings. The number of hydrogen-bond donors (Lipinski definition) is 2. The molecule has 0 aliphatic heterocycles. The second kappa shape index (κ2) is 6.43. The zero-order valence-electron chi connectivity index (χ0n) is 11.9. The topological polar surface area (TPSA) is 73.6 Å². The molecule has 0 aromatic heterocycles. The lowest BCUT2D eigenvalue weighted by atomic mass is 10.1. The van der Waals surface area contributed by atoms with Gasteiger partial charge in [0.25, 0.3) is 0 Å². The first kappa shape index (κ1) is 15.3. The highest BCUT2D eigenvalue weighted by atomic mass is 16.5. The SMILES string of the molecule is COc1ccc(OC(C)CNC(=O)C(C)(C)N)cc1. The van der Waals surface area contributed by atoms with Crippen molar-refractivity contribution < 1.29 is 14.3 Å². The van der Waals surface area contributed by atoms with E-state index < -0.39 is 5.54 Å². The van der Waals surface area contributed by atoms with Crippen molar-refractivity contribution in [2.45, 2.75) is 32.4 Å². The summed E-state index contributed by atoms with van der Waals surface area (Å²) in [4.78, 5) is 11.6. The van der Waals surface area contributed by atoms with Crippen LogP contribution in [0.1, 0.15) is 20.8 Å². The summed E-state index contributed by atoms with van der Waals surface area (Å²) in [6.07, 6.45) is -0.139. The summed E-state index contributed by atoms with van der Waals surface area (Å²) in [5.41, 5.74) is 4.81. The molecule has 1 unspecified atom stereocenters. The third-order valence-electron chi connectivity index (χ3n) is 2.53. The van der Waals surface area contributed by atoms with Crippen LogP contribution in [0.3, 0.4) is 0 Å². The van der Waals surface area contributed by atoms with E-state index in [1.165, 1.54) is 0 Å². The monoisotopic (exact) mass is 266 g/mol. The van der Waals surface area contributed by atoms with Crippen LogP contribution in [0.25, 0.3) is 0 Å². The molecule has 0 heterocycles. The van der Waals surface area contributed by atoms with Gasteiger partial charge < -0.3 is 20.5 Å². The summed E-state index contributed by atoms with van der Waals surface area (Å²) < 4.78 is 10.7. The number of methoxy groups -OCH3 is 1. The Kier molecular flexibility index (Phi) is 5.18. The van der Waals surface area contributed by atoms with E-state index in [0.717, 1.165) is 11.5 Å². The third kappa shape index (κ3) is 5.18. The molecule has 3 N–H and O–H groups in total. The fourth-order valence-electron chi connectivity index (χ4n) is 1.39.